The van der Waals surface area contributed by atoms with Crippen molar-refractivity contribution in [1.29, 1.82) is 0 Å². The molecule has 186 valence electrons. The minimum atomic E-state index is -1.24. The lowest BCUT2D eigenvalue weighted by Crippen LogP contribution is -2.45. The van der Waals surface area contributed by atoms with Crippen LogP contribution in [-0.4, -0.2) is 40.7 Å². The van der Waals surface area contributed by atoms with Gasteiger partial charge in [-0.25, -0.2) is 4.79 Å². The Morgan fingerprint density at radius 2 is 1.73 bits per heavy atom. The van der Waals surface area contributed by atoms with Gasteiger partial charge in [-0.2, -0.15) is 0 Å². The minimum absolute atomic E-state index is 0.0506. The lowest BCUT2D eigenvalue weighted by atomic mass is 10.0. The van der Waals surface area contributed by atoms with E-state index in [9.17, 15) is 19.5 Å². The molecule has 4 N–H and O–H groups in total. The number of aliphatic carboxylic acids is 1. The third-order valence-electron chi connectivity index (χ3n) is 5.94. The number of ether oxygens (including phenoxy) is 2. The van der Waals surface area contributed by atoms with E-state index in [1.165, 1.54) is 6.08 Å². The highest BCUT2D eigenvalue weighted by Gasteiger charge is 2.25. The fourth-order valence-corrected chi connectivity index (χ4v) is 4.07. The number of aromatic nitrogens is 1. The fourth-order valence-electron chi connectivity index (χ4n) is 4.07. The molecule has 1 atom stereocenters. The van der Waals surface area contributed by atoms with E-state index in [-0.39, 0.29) is 18.9 Å². The van der Waals surface area contributed by atoms with Crippen molar-refractivity contribution in [3.05, 3.63) is 101 Å². The number of carbonyl (C=O) groups excluding carboxylic acids is 2. The highest BCUT2D eigenvalue weighted by Crippen LogP contribution is 2.33. The molecule has 4 aromatic rings. The van der Waals surface area contributed by atoms with Gasteiger partial charge >= 0.3 is 5.97 Å². The molecule has 1 aliphatic rings. The van der Waals surface area contributed by atoms with Gasteiger partial charge in [0.1, 0.15) is 11.7 Å². The number of hydrogen-bond acceptors (Lipinski definition) is 5. The first-order valence-corrected chi connectivity index (χ1v) is 11.5. The zero-order chi connectivity index (χ0) is 25.8. The number of amides is 2. The number of carbonyl (C=O) groups is 3. The van der Waals surface area contributed by atoms with Crippen LogP contribution >= 0.6 is 0 Å². The van der Waals surface area contributed by atoms with Crippen molar-refractivity contribution in [2.24, 2.45) is 0 Å². The molecule has 0 radical (unpaired) electrons. The van der Waals surface area contributed by atoms with E-state index in [1.54, 1.807) is 54.7 Å². The van der Waals surface area contributed by atoms with E-state index >= 15 is 0 Å². The number of para-hydroxylation sites is 1. The molecule has 9 nitrogen and oxygen atoms in total. The molecular formula is C28H23N3O6. The molecule has 3 aromatic carbocycles. The normalized spacial score (nSPS) is 13.2. The van der Waals surface area contributed by atoms with Crippen molar-refractivity contribution in [2.45, 2.75) is 12.5 Å². The highest BCUT2D eigenvalue weighted by atomic mass is 16.7. The van der Waals surface area contributed by atoms with Gasteiger partial charge in [-0.3, -0.25) is 9.59 Å². The van der Waals surface area contributed by atoms with Crippen molar-refractivity contribution in [2.75, 3.05) is 6.79 Å². The van der Waals surface area contributed by atoms with Crippen molar-refractivity contribution < 1.29 is 29.0 Å². The summed E-state index contributed by atoms with van der Waals surface area (Å²) in [6.07, 6.45) is 3.24. The van der Waals surface area contributed by atoms with Gasteiger partial charge in [0.2, 0.25) is 6.79 Å². The van der Waals surface area contributed by atoms with E-state index in [4.69, 9.17) is 9.47 Å². The molecule has 0 spiro atoms. The van der Waals surface area contributed by atoms with Crippen molar-refractivity contribution in [1.82, 2.24) is 15.6 Å². The summed E-state index contributed by atoms with van der Waals surface area (Å²) in [4.78, 5) is 41.4. The number of carboxylic acid groups (broad SMARTS) is 1. The topological polar surface area (TPSA) is 130 Å². The molecule has 1 aliphatic heterocycles. The van der Waals surface area contributed by atoms with Crippen LogP contribution in [0.1, 0.15) is 21.5 Å². The Labute approximate surface area is 211 Å². The molecule has 1 aromatic heterocycles. The Morgan fingerprint density at radius 3 is 2.54 bits per heavy atom. The first-order valence-electron chi connectivity index (χ1n) is 11.5. The monoisotopic (exact) mass is 497 g/mol. The predicted molar refractivity (Wildman–Crippen MR) is 136 cm³/mol. The SMILES string of the molecule is O=C(N[C@H](Cc1c[nH]c2ccccc12)C(=O)O)/C(=C\c1ccc2c(c1)OCO2)NC(=O)c1ccccc1. The lowest BCUT2D eigenvalue weighted by molar-refractivity contribution is -0.141. The zero-order valence-corrected chi connectivity index (χ0v) is 19.6. The minimum Gasteiger partial charge on any atom is -0.480 e. The van der Waals surface area contributed by atoms with Crippen LogP contribution in [0.5, 0.6) is 11.5 Å². The van der Waals surface area contributed by atoms with Crippen LogP contribution in [0.4, 0.5) is 0 Å². The fraction of sp³-hybridized carbons (Fsp3) is 0.107. The molecule has 0 aliphatic carbocycles. The van der Waals surface area contributed by atoms with Crippen LogP contribution in [0.3, 0.4) is 0 Å². The van der Waals surface area contributed by atoms with Gasteiger partial charge in [0.15, 0.2) is 11.5 Å². The molecule has 5 rings (SSSR count). The highest BCUT2D eigenvalue weighted by molar-refractivity contribution is 6.06. The van der Waals surface area contributed by atoms with Gasteiger partial charge in [0.25, 0.3) is 11.8 Å². The second-order valence-electron chi connectivity index (χ2n) is 8.42. The van der Waals surface area contributed by atoms with Gasteiger partial charge in [-0.05, 0) is 47.5 Å². The molecule has 0 fully saturated rings. The molecule has 0 unspecified atom stereocenters. The average molecular weight is 498 g/mol. The number of fused-ring (bicyclic) bond motifs is 2. The Balaban J connectivity index is 1.42. The summed E-state index contributed by atoms with van der Waals surface area (Å²) in [5.41, 5.74) is 2.41. The maximum absolute atomic E-state index is 13.3. The molecule has 0 saturated heterocycles. The number of nitrogens with one attached hydrogen (secondary N) is 3. The first-order chi connectivity index (χ1) is 18.0. The van der Waals surface area contributed by atoms with E-state index in [0.29, 0.717) is 22.6 Å². The summed E-state index contributed by atoms with van der Waals surface area (Å²) in [6.45, 7) is 0.0920. The van der Waals surface area contributed by atoms with E-state index < -0.39 is 23.8 Å². The van der Waals surface area contributed by atoms with Gasteiger partial charge < -0.3 is 30.2 Å². The molecule has 0 bridgehead atoms. The largest absolute Gasteiger partial charge is 0.480 e. The van der Waals surface area contributed by atoms with Crippen LogP contribution in [0.15, 0.2) is 84.7 Å². The molecule has 37 heavy (non-hydrogen) atoms. The summed E-state index contributed by atoms with van der Waals surface area (Å²) >= 11 is 0. The maximum Gasteiger partial charge on any atom is 0.326 e. The number of benzene rings is 3. The van der Waals surface area contributed by atoms with E-state index in [2.05, 4.69) is 15.6 Å². The van der Waals surface area contributed by atoms with Gasteiger partial charge in [0.05, 0.1) is 0 Å². The number of H-pyrrole nitrogens is 1. The molecule has 2 heterocycles. The van der Waals surface area contributed by atoms with Crippen LogP contribution in [0.2, 0.25) is 0 Å². The summed E-state index contributed by atoms with van der Waals surface area (Å²) in [5.74, 6) is -1.37. The third-order valence-corrected chi connectivity index (χ3v) is 5.94. The summed E-state index contributed by atoms with van der Waals surface area (Å²) in [5, 5.41) is 15.9. The summed E-state index contributed by atoms with van der Waals surface area (Å²) in [6, 6.07) is 19.8. The van der Waals surface area contributed by atoms with Gasteiger partial charge in [0, 0.05) is 29.1 Å². The quantitative estimate of drug-likeness (QED) is 0.276. The molecule has 0 saturated carbocycles. The first kappa shape index (κ1) is 23.7. The number of carboxylic acids is 1. The Kier molecular flexibility index (Phi) is 6.58. The Morgan fingerprint density at radius 1 is 0.973 bits per heavy atom. The van der Waals surface area contributed by atoms with Gasteiger partial charge in [-0.1, -0.05) is 42.5 Å². The van der Waals surface area contributed by atoms with Crippen molar-refractivity contribution in [3.8, 4) is 11.5 Å². The van der Waals surface area contributed by atoms with Crippen LogP contribution in [-0.2, 0) is 16.0 Å². The maximum atomic E-state index is 13.3. The standard InChI is InChI=1S/C28H23N3O6/c32-26(18-6-2-1-3-7-18)30-22(12-17-10-11-24-25(13-17)37-16-36-24)27(33)31-23(28(34)35)14-19-15-29-21-9-5-4-8-20(19)21/h1-13,15,23,29H,14,16H2,(H,30,32)(H,31,33)(H,34,35)/b22-12+/t23-/m1/s1. The second-order valence-corrected chi connectivity index (χ2v) is 8.42. The third kappa shape index (κ3) is 5.30. The average Bonchev–Trinajstić information content (AvgIpc) is 3.55. The molecule has 2 amide bonds. The Bertz CT molecular complexity index is 1510. The van der Waals surface area contributed by atoms with Crippen molar-refractivity contribution in [3.63, 3.8) is 0 Å². The van der Waals surface area contributed by atoms with E-state index in [0.717, 1.165) is 16.5 Å². The number of hydrogen-bond donors (Lipinski definition) is 4. The summed E-state index contributed by atoms with van der Waals surface area (Å²) < 4.78 is 10.7. The number of rotatable bonds is 8. The summed E-state index contributed by atoms with van der Waals surface area (Å²) in [7, 11) is 0. The molecule has 9 heteroatoms. The van der Waals surface area contributed by atoms with Crippen LogP contribution in [0, 0.1) is 0 Å². The predicted octanol–water partition coefficient (Wildman–Crippen LogP) is 3.48. The Hall–Kier alpha value is -5.05. The number of aromatic amines is 1. The van der Waals surface area contributed by atoms with Crippen LogP contribution in [0.25, 0.3) is 17.0 Å². The smallest absolute Gasteiger partial charge is 0.326 e. The van der Waals surface area contributed by atoms with Crippen molar-refractivity contribution >= 4 is 34.8 Å². The second kappa shape index (κ2) is 10.3. The zero-order valence-electron chi connectivity index (χ0n) is 19.6. The lowest BCUT2D eigenvalue weighted by Gasteiger charge is -2.17. The van der Waals surface area contributed by atoms with E-state index in [1.807, 2.05) is 24.3 Å². The van der Waals surface area contributed by atoms with Crippen LogP contribution < -0.4 is 20.1 Å². The van der Waals surface area contributed by atoms with Gasteiger partial charge in [-0.15, -0.1) is 0 Å². The molecular weight excluding hydrogens is 474 g/mol.